The lowest BCUT2D eigenvalue weighted by Gasteiger charge is -2.16. The molecule has 1 aliphatic heterocycles. The minimum atomic E-state index is -0.279. The Hall–Kier alpha value is -1.22. The smallest absolute Gasteiger partial charge is 0.260 e. The number of amidine groups is 1. The zero-order valence-corrected chi connectivity index (χ0v) is 8.24. The van der Waals surface area contributed by atoms with Gasteiger partial charge in [0, 0.05) is 12.3 Å². The molecule has 72 valence electrons. The lowest BCUT2D eigenvalue weighted by molar-refractivity contribution is -0.118. The number of amides is 1. The molecule has 0 spiro atoms. The van der Waals surface area contributed by atoms with E-state index in [1.54, 1.807) is 0 Å². The molecule has 0 N–H and O–H groups in total. The fourth-order valence-electron chi connectivity index (χ4n) is 1.41. The summed E-state index contributed by atoms with van der Waals surface area (Å²) in [5.74, 6) is 0.554. The Morgan fingerprint density at radius 2 is 2.21 bits per heavy atom. The quantitative estimate of drug-likeness (QED) is 0.638. The van der Waals surface area contributed by atoms with E-state index in [-0.39, 0.29) is 11.8 Å². The molecular weight excluding hydrogens is 200 g/mol. The van der Waals surface area contributed by atoms with E-state index in [9.17, 15) is 4.79 Å². The van der Waals surface area contributed by atoms with Crippen LogP contribution in [0.2, 0.25) is 0 Å². The largest absolute Gasteiger partial charge is 0.271 e. The molecule has 0 aromatic carbocycles. The summed E-state index contributed by atoms with van der Waals surface area (Å²) in [5.41, 5.74) is 0.771. The SMILES string of the molecule is O=C1N=C(CCCl)N=C2C=CC=CC12. The highest BCUT2D eigenvalue weighted by Crippen LogP contribution is 2.16. The van der Waals surface area contributed by atoms with Crippen molar-refractivity contribution >= 4 is 29.1 Å². The van der Waals surface area contributed by atoms with Crippen LogP contribution < -0.4 is 0 Å². The highest BCUT2D eigenvalue weighted by molar-refractivity contribution is 6.23. The molecular formula is C10H9ClN2O. The molecule has 0 fully saturated rings. The van der Waals surface area contributed by atoms with Gasteiger partial charge in [-0.2, -0.15) is 4.99 Å². The van der Waals surface area contributed by atoms with Crippen LogP contribution in [0.5, 0.6) is 0 Å². The van der Waals surface area contributed by atoms with E-state index in [1.807, 2.05) is 24.3 Å². The predicted molar refractivity (Wildman–Crippen MR) is 57.0 cm³/mol. The molecule has 1 atom stereocenters. The lowest BCUT2D eigenvalue weighted by atomic mass is 9.96. The van der Waals surface area contributed by atoms with Crippen LogP contribution in [-0.2, 0) is 4.79 Å². The normalized spacial score (nSPS) is 24.4. The van der Waals surface area contributed by atoms with Crippen LogP contribution in [0.1, 0.15) is 6.42 Å². The van der Waals surface area contributed by atoms with E-state index in [4.69, 9.17) is 11.6 Å². The van der Waals surface area contributed by atoms with Gasteiger partial charge < -0.3 is 0 Å². The average molecular weight is 209 g/mol. The molecule has 0 bridgehead atoms. The van der Waals surface area contributed by atoms with E-state index in [0.717, 1.165) is 5.71 Å². The molecule has 1 heterocycles. The molecule has 2 rings (SSSR count). The van der Waals surface area contributed by atoms with Gasteiger partial charge in [0.25, 0.3) is 5.91 Å². The first-order valence-electron chi connectivity index (χ1n) is 4.42. The standard InChI is InChI=1S/C10H9ClN2O/c11-6-5-9-12-8-4-2-1-3-7(8)10(14)13-9/h1-4,7H,5-6H2. The summed E-state index contributed by atoms with van der Waals surface area (Å²) < 4.78 is 0. The predicted octanol–water partition coefficient (Wildman–Crippen LogP) is 1.74. The van der Waals surface area contributed by atoms with Crippen molar-refractivity contribution < 1.29 is 4.79 Å². The number of rotatable bonds is 2. The minimum absolute atomic E-state index is 0.143. The van der Waals surface area contributed by atoms with Crippen molar-refractivity contribution in [2.75, 3.05) is 5.88 Å². The third kappa shape index (κ3) is 1.68. The Bertz CT molecular complexity index is 380. The van der Waals surface area contributed by atoms with Crippen LogP contribution in [0.25, 0.3) is 0 Å². The summed E-state index contributed by atoms with van der Waals surface area (Å²) >= 11 is 5.56. The third-order valence-electron chi connectivity index (χ3n) is 2.08. The van der Waals surface area contributed by atoms with Crippen molar-refractivity contribution in [2.24, 2.45) is 15.9 Å². The van der Waals surface area contributed by atoms with Crippen LogP contribution in [0, 0.1) is 5.92 Å². The first kappa shape index (κ1) is 9.34. The summed E-state index contributed by atoms with van der Waals surface area (Å²) in [7, 11) is 0. The molecule has 3 nitrogen and oxygen atoms in total. The van der Waals surface area contributed by atoms with Gasteiger partial charge in [0.15, 0.2) is 0 Å². The van der Waals surface area contributed by atoms with Crippen molar-refractivity contribution in [2.45, 2.75) is 6.42 Å². The summed E-state index contributed by atoms with van der Waals surface area (Å²) in [4.78, 5) is 19.7. The first-order chi connectivity index (χ1) is 6.81. The lowest BCUT2D eigenvalue weighted by Crippen LogP contribution is -2.27. The van der Waals surface area contributed by atoms with Gasteiger partial charge in [-0.3, -0.25) is 4.79 Å². The second-order valence-corrected chi connectivity index (χ2v) is 3.44. The summed E-state index contributed by atoms with van der Waals surface area (Å²) in [6, 6.07) is 0. The number of halogens is 1. The monoisotopic (exact) mass is 208 g/mol. The van der Waals surface area contributed by atoms with Crippen LogP contribution in [-0.4, -0.2) is 23.3 Å². The van der Waals surface area contributed by atoms with Gasteiger partial charge >= 0.3 is 0 Å². The molecule has 4 heteroatoms. The number of alkyl halides is 1. The minimum Gasteiger partial charge on any atom is -0.271 e. The van der Waals surface area contributed by atoms with E-state index in [2.05, 4.69) is 9.98 Å². The van der Waals surface area contributed by atoms with E-state index < -0.39 is 0 Å². The van der Waals surface area contributed by atoms with Gasteiger partial charge in [-0.05, 0) is 6.08 Å². The van der Waals surface area contributed by atoms with Crippen LogP contribution in [0.15, 0.2) is 34.3 Å². The van der Waals surface area contributed by atoms with Crippen LogP contribution in [0.4, 0.5) is 0 Å². The number of hydrogen-bond donors (Lipinski definition) is 0. The second-order valence-electron chi connectivity index (χ2n) is 3.06. The van der Waals surface area contributed by atoms with Crippen molar-refractivity contribution in [3.05, 3.63) is 24.3 Å². The highest BCUT2D eigenvalue weighted by atomic mass is 35.5. The Labute approximate surface area is 86.9 Å². The first-order valence-corrected chi connectivity index (χ1v) is 4.95. The number of carbonyl (C=O) groups excluding carboxylic acids is 1. The number of aliphatic imine (C=N–C) groups is 2. The highest BCUT2D eigenvalue weighted by Gasteiger charge is 2.25. The van der Waals surface area contributed by atoms with Crippen LogP contribution in [0.3, 0.4) is 0 Å². The Kier molecular flexibility index (Phi) is 2.59. The fourth-order valence-corrected chi connectivity index (χ4v) is 1.58. The average Bonchev–Trinajstić information content (AvgIpc) is 2.18. The maximum atomic E-state index is 11.5. The maximum Gasteiger partial charge on any atom is 0.260 e. The molecule has 1 unspecified atom stereocenters. The topological polar surface area (TPSA) is 41.8 Å². The number of hydrogen-bond acceptors (Lipinski definition) is 2. The second kappa shape index (κ2) is 3.88. The van der Waals surface area contributed by atoms with E-state index >= 15 is 0 Å². The summed E-state index contributed by atoms with van der Waals surface area (Å²) in [6.45, 7) is 0. The van der Waals surface area contributed by atoms with Crippen LogP contribution >= 0.6 is 11.6 Å². The van der Waals surface area contributed by atoms with Crippen molar-refractivity contribution in [1.82, 2.24) is 0 Å². The van der Waals surface area contributed by atoms with Crippen molar-refractivity contribution in [3.8, 4) is 0 Å². The fraction of sp³-hybridized carbons (Fsp3) is 0.300. The molecule has 1 amide bonds. The van der Waals surface area contributed by atoms with Gasteiger partial charge in [-0.25, -0.2) is 4.99 Å². The zero-order chi connectivity index (χ0) is 9.97. The number of nitrogens with zero attached hydrogens (tertiary/aromatic N) is 2. The van der Waals surface area contributed by atoms with Gasteiger partial charge in [-0.1, -0.05) is 18.2 Å². The Morgan fingerprint density at radius 1 is 1.36 bits per heavy atom. The van der Waals surface area contributed by atoms with Gasteiger partial charge in [0.1, 0.15) is 11.8 Å². The molecule has 0 radical (unpaired) electrons. The molecule has 0 saturated carbocycles. The molecule has 14 heavy (non-hydrogen) atoms. The molecule has 1 aliphatic carbocycles. The van der Waals surface area contributed by atoms with Gasteiger partial charge in [0.05, 0.1) is 5.71 Å². The molecule has 2 aliphatic rings. The van der Waals surface area contributed by atoms with E-state index in [0.29, 0.717) is 18.1 Å². The molecule has 0 saturated heterocycles. The Morgan fingerprint density at radius 3 is 3.00 bits per heavy atom. The van der Waals surface area contributed by atoms with Crippen molar-refractivity contribution in [3.63, 3.8) is 0 Å². The maximum absolute atomic E-state index is 11.5. The van der Waals surface area contributed by atoms with Gasteiger partial charge in [-0.15, -0.1) is 11.6 Å². The zero-order valence-electron chi connectivity index (χ0n) is 7.48. The summed E-state index contributed by atoms with van der Waals surface area (Å²) in [6.07, 6.45) is 7.89. The number of carbonyl (C=O) groups is 1. The third-order valence-corrected chi connectivity index (χ3v) is 2.27. The van der Waals surface area contributed by atoms with Gasteiger partial charge in [0.2, 0.25) is 0 Å². The molecule has 0 aromatic heterocycles. The molecule has 0 aromatic rings. The summed E-state index contributed by atoms with van der Waals surface area (Å²) in [5, 5.41) is 0. The number of fused-ring (bicyclic) bond motifs is 1. The van der Waals surface area contributed by atoms with Crippen molar-refractivity contribution in [1.29, 1.82) is 0 Å². The van der Waals surface area contributed by atoms with E-state index in [1.165, 1.54) is 0 Å². The number of allylic oxidation sites excluding steroid dienone is 3. The Balaban J connectivity index is 2.29.